The molecule has 1 heterocycles. The maximum atomic E-state index is 5.28. The lowest BCUT2D eigenvalue weighted by Crippen LogP contribution is -2.09. The number of aromatic nitrogens is 3. The molecule has 0 bridgehead atoms. The van der Waals surface area contributed by atoms with Crippen LogP contribution < -0.4 is 5.32 Å². The zero-order chi connectivity index (χ0) is 11.1. The largest absolute Gasteiger partial charge is 0.382 e. The van der Waals surface area contributed by atoms with E-state index in [0.29, 0.717) is 0 Å². The minimum atomic E-state index is 0.775. The van der Waals surface area contributed by atoms with Gasteiger partial charge in [0.15, 0.2) is 0 Å². The van der Waals surface area contributed by atoms with Crippen molar-refractivity contribution < 1.29 is 4.74 Å². The van der Waals surface area contributed by atoms with Gasteiger partial charge in [-0.05, 0) is 27.3 Å². The molecule has 15 heavy (non-hydrogen) atoms. The average Bonchev–Trinajstić information content (AvgIpc) is 2.57. The van der Waals surface area contributed by atoms with Crippen LogP contribution in [0.15, 0.2) is 0 Å². The Labute approximate surface area is 90.8 Å². The van der Waals surface area contributed by atoms with Crippen LogP contribution in [-0.4, -0.2) is 35.3 Å². The highest BCUT2D eigenvalue weighted by molar-refractivity contribution is 5.07. The molecule has 0 saturated heterocycles. The van der Waals surface area contributed by atoms with Crippen molar-refractivity contribution in [2.45, 2.75) is 33.4 Å². The Hall–Kier alpha value is -0.940. The molecular formula is C10H20N4O. The quantitative estimate of drug-likeness (QED) is 0.677. The Kier molecular flexibility index (Phi) is 5.28. The SMILES string of the molecule is CCOCCCn1nnc(CNC)c1C. The first-order valence-corrected chi connectivity index (χ1v) is 5.41. The van der Waals surface area contributed by atoms with Crippen LogP contribution in [0, 0.1) is 6.92 Å². The monoisotopic (exact) mass is 212 g/mol. The normalized spacial score (nSPS) is 10.9. The molecule has 0 aliphatic heterocycles. The van der Waals surface area contributed by atoms with E-state index >= 15 is 0 Å². The fourth-order valence-corrected chi connectivity index (χ4v) is 1.40. The molecular weight excluding hydrogens is 192 g/mol. The summed E-state index contributed by atoms with van der Waals surface area (Å²) in [5.41, 5.74) is 2.16. The third kappa shape index (κ3) is 3.60. The van der Waals surface area contributed by atoms with Crippen molar-refractivity contribution in [2.24, 2.45) is 0 Å². The zero-order valence-electron chi connectivity index (χ0n) is 9.79. The summed E-state index contributed by atoms with van der Waals surface area (Å²) in [6.45, 7) is 7.28. The van der Waals surface area contributed by atoms with Gasteiger partial charge in [0.05, 0.1) is 11.4 Å². The second kappa shape index (κ2) is 6.53. The maximum absolute atomic E-state index is 5.28. The van der Waals surface area contributed by atoms with Crippen molar-refractivity contribution in [3.63, 3.8) is 0 Å². The average molecular weight is 212 g/mol. The smallest absolute Gasteiger partial charge is 0.0993 e. The summed E-state index contributed by atoms with van der Waals surface area (Å²) in [4.78, 5) is 0. The summed E-state index contributed by atoms with van der Waals surface area (Å²) >= 11 is 0. The van der Waals surface area contributed by atoms with Gasteiger partial charge in [-0.25, -0.2) is 4.68 Å². The first kappa shape index (κ1) is 12.1. The highest BCUT2D eigenvalue weighted by Crippen LogP contribution is 2.03. The van der Waals surface area contributed by atoms with Gasteiger partial charge in [-0.15, -0.1) is 5.10 Å². The Morgan fingerprint density at radius 2 is 2.27 bits per heavy atom. The Bertz CT molecular complexity index is 285. The number of hydrogen-bond donors (Lipinski definition) is 1. The Balaban J connectivity index is 2.40. The number of ether oxygens (including phenoxy) is 1. The maximum Gasteiger partial charge on any atom is 0.0993 e. The van der Waals surface area contributed by atoms with Gasteiger partial charge in [-0.3, -0.25) is 0 Å². The van der Waals surface area contributed by atoms with Crippen LogP contribution in [0.5, 0.6) is 0 Å². The summed E-state index contributed by atoms with van der Waals surface area (Å²) in [6, 6.07) is 0. The molecule has 0 aliphatic carbocycles. The van der Waals surface area contributed by atoms with E-state index in [9.17, 15) is 0 Å². The van der Waals surface area contributed by atoms with Crippen molar-refractivity contribution in [2.75, 3.05) is 20.3 Å². The van der Waals surface area contributed by atoms with Gasteiger partial charge in [0.25, 0.3) is 0 Å². The fraction of sp³-hybridized carbons (Fsp3) is 0.800. The molecule has 86 valence electrons. The van der Waals surface area contributed by atoms with Crippen molar-refractivity contribution in [3.05, 3.63) is 11.4 Å². The lowest BCUT2D eigenvalue weighted by molar-refractivity contribution is 0.140. The van der Waals surface area contributed by atoms with E-state index in [1.807, 2.05) is 25.6 Å². The molecule has 1 rings (SSSR count). The molecule has 1 aromatic heterocycles. The number of aryl methyl sites for hydroxylation is 1. The molecule has 0 saturated carbocycles. The van der Waals surface area contributed by atoms with Crippen LogP contribution in [-0.2, 0) is 17.8 Å². The summed E-state index contributed by atoms with van der Waals surface area (Å²) in [5.74, 6) is 0. The van der Waals surface area contributed by atoms with E-state index in [4.69, 9.17) is 4.74 Å². The second-order valence-electron chi connectivity index (χ2n) is 3.43. The standard InChI is InChI=1S/C10H20N4O/c1-4-15-7-5-6-14-9(2)10(8-11-3)12-13-14/h11H,4-8H2,1-3H3. The highest BCUT2D eigenvalue weighted by atomic mass is 16.5. The van der Waals surface area contributed by atoms with E-state index in [1.165, 1.54) is 0 Å². The summed E-state index contributed by atoms with van der Waals surface area (Å²) in [5, 5.41) is 11.3. The number of nitrogens with one attached hydrogen (secondary N) is 1. The fourth-order valence-electron chi connectivity index (χ4n) is 1.40. The second-order valence-corrected chi connectivity index (χ2v) is 3.43. The first-order valence-electron chi connectivity index (χ1n) is 5.41. The van der Waals surface area contributed by atoms with Gasteiger partial charge in [-0.1, -0.05) is 5.21 Å². The van der Waals surface area contributed by atoms with Crippen LogP contribution >= 0.6 is 0 Å². The third-order valence-electron chi connectivity index (χ3n) is 2.29. The molecule has 0 radical (unpaired) electrons. The Morgan fingerprint density at radius 1 is 1.47 bits per heavy atom. The number of hydrogen-bond acceptors (Lipinski definition) is 4. The van der Waals surface area contributed by atoms with E-state index in [2.05, 4.69) is 15.6 Å². The van der Waals surface area contributed by atoms with E-state index in [0.717, 1.165) is 44.1 Å². The van der Waals surface area contributed by atoms with Gasteiger partial charge < -0.3 is 10.1 Å². The molecule has 0 aliphatic rings. The Morgan fingerprint density at radius 3 is 2.93 bits per heavy atom. The predicted octanol–water partition coefficient (Wildman–Crippen LogP) is 0.733. The lowest BCUT2D eigenvalue weighted by Gasteiger charge is -2.03. The van der Waals surface area contributed by atoms with Crippen LogP contribution in [0.4, 0.5) is 0 Å². The predicted molar refractivity (Wildman–Crippen MR) is 58.6 cm³/mol. The molecule has 0 fully saturated rings. The van der Waals surface area contributed by atoms with Crippen LogP contribution in [0.3, 0.4) is 0 Å². The van der Waals surface area contributed by atoms with E-state index in [-0.39, 0.29) is 0 Å². The summed E-state index contributed by atoms with van der Waals surface area (Å²) < 4.78 is 7.21. The molecule has 0 atom stereocenters. The third-order valence-corrected chi connectivity index (χ3v) is 2.29. The van der Waals surface area contributed by atoms with Crippen LogP contribution in [0.1, 0.15) is 24.7 Å². The molecule has 1 aromatic rings. The topological polar surface area (TPSA) is 52.0 Å². The molecule has 0 spiro atoms. The van der Waals surface area contributed by atoms with Gasteiger partial charge >= 0.3 is 0 Å². The van der Waals surface area contributed by atoms with Gasteiger partial charge in [0.2, 0.25) is 0 Å². The molecule has 0 aromatic carbocycles. The van der Waals surface area contributed by atoms with E-state index in [1.54, 1.807) is 0 Å². The lowest BCUT2D eigenvalue weighted by atomic mass is 10.3. The number of rotatable bonds is 7. The molecule has 5 heteroatoms. The molecule has 0 unspecified atom stereocenters. The van der Waals surface area contributed by atoms with Crippen LogP contribution in [0.25, 0.3) is 0 Å². The first-order chi connectivity index (χ1) is 7.29. The van der Waals surface area contributed by atoms with Gasteiger partial charge in [0.1, 0.15) is 0 Å². The summed E-state index contributed by atoms with van der Waals surface area (Å²) in [7, 11) is 1.91. The van der Waals surface area contributed by atoms with Crippen molar-refractivity contribution in [3.8, 4) is 0 Å². The van der Waals surface area contributed by atoms with Crippen LogP contribution in [0.2, 0.25) is 0 Å². The van der Waals surface area contributed by atoms with Crippen molar-refractivity contribution >= 4 is 0 Å². The number of nitrogens with zero attached hydrogens (tertiary/aromatic N) is 3. The highest BCUT2D eigenvalue weighted by Gasteiger charge is 2.06. The van der Waals surface area contributed by atoms with E-state index < -0.39 is 0 Å². The summed E-state index contributed by atoms with van der Waals surface area (Å²) in [6.07, 6.45) is 0.983. The zero-order valence-corrected chi connectivity index (χ0v) is 9.79. The van der Waals surface area contributed by atoms with Gasteiger partial charge in [0, 0.05) is 26.3 Å². The minimum absolute atomic E-state index is 0.775. The van der Waals surface area contributed by atoms with Crippen molar-refractivity contribution in [1.29, 1.82) is 0 Å². The molecule has 5 nitrogen and oxygen atoms in total. The molecule has 1 N–H and O–H groups in total. The molecule has 0 amide bonds. The van der Waals surface area contributed by atoms with Crippen molar-refractivity contribution in [1.82, 2.24) is 20.3 Å². The van der Waals surface area contributed by atoms with Gasteiger partial charge in [-0.2, -0.15) is 0 Å². The minimum Gasteiger partial charge on any atom is -0.382 e.